The second-order valence-electron chi connectivity index (χ2n) is 8.11. The minimum absolute atomic E-state index is 0.0858. The van der Waals surface area contributed by atoms with Crippen molar-refractivity contribution < 1.29 is 24.2 Å². The first-order valence-electron chi connectivity index (χ1n) is 11.0. The SMILES string of the molecule is COC(=O)c1ccc(C2C(C(=O)CCc3ccccc3)=C(O)C(=O)N2Cc2ccccc2)cc1. The highest BCUT2D eigenvalue weighted by Crippen LogP contribution is 2.39. The van der Waals surface area contributed by atoms with Crippen LogP contribution in [0.25, 0.3) is 0 Å². The van der Waals surface area contributed by atoms with E-state index >= 15 is 0 Å². The van der Waals surface area contributed by atoms with Crippen molar-refractivity contribution in [3.63, 3.8) is 0 Å². The number of hydrogen-bond donors (Lipinski definition) is 1. The average Bonchev–Trinajstić information content (AvgIpc) is 3.13. The number of ketones is 1. The largest absolute Gasteiger partial charge is 0.503 e. The van der Waals surface area contributed by atoms with E-state index < -0.39 is 23.7 Å². The third kappa shape index (κ3) is 4.76. The van der Waals surface area contributed by atoms with Crippen molar-refractivity contribution >= 4 is 17.7 Å². The molecular weight excluding hydrogens is 430 g/mol. The smallest absolute Gasteiger partial charge is 0.337 e. The van der Waals surface area contributed by atoms with E-state index in [1.54, 1.807) is 24.3 Å². The lowest BCUT2D eigenvalue weighted by atomic mass is 9.92. The molecule has 0 radical (unpaired) electrons. The summed E-state index contributed by atoms with van der Waals surface area (Å²) in [4.78, 5) is 39.8. The van der Waals surface area contributed by atoms with Crippen LogP contribution in [0.4, 0.5) is 0 Å². The Labute approximate surface area is 198 Å². The predicted molar refractivity (Wildman–Crippen MR) is 127 cm³/mol. The summed E-state index contributed by atoms with van der Waals surface area (Å²) in [6, 6.07) is 24.8. The molecule has 0 spiro atoms. The van der Waals surface area contributed by atoms with Gasteiger partial charge in [-0.15, -0.1) is 0 Å². The van der Waals surface area contributed by atoms with Gasteiger partial charge in [0, 0.05) is 13.0 Å². The topological polar surface area (TPSA) is 83.9 Å². The summed E-state index contributed by atoms with van der Waals surface area (Å²) in [5.74, 6) is -1.87. The van der Waals surface area contributed by atoms with E-state index in [2.05, 4.69) is 0 Å². The quantitative estimate of drug-likeness (QED) is 0.503. The van der Waals surface area contributed by atoms with Crippen molar-refractivity contribution in [2.75, 3.05) is 7.11 Å². The molecule has 0 saturated carbocycles. The van der Waals surface area contributed by atoms with Crippen LogP contribution in [0.5, 0.6) is 0 Å². The van der Waals surface area contributed by atoms with Crippen LogP contribution in [-0.4, -0.2) is 34.8 Å². The van der Waals surface area contributed by atoms with Gasteiger partial charge in [-0.1, -0.05) is 72.8 Å². The first-order valence-corrected chi connectivity index (χ1v) is 11.0. The number of aryl methyl sites for hydroxylation is 1. The van der Waals surface area contributed by atoms with E-state index in [0.717, 1.165) is 11.1 Å². The lowest BCUT2D eigenvalue weighted by Gasteiger charge is -2.27. The second kappa shape index (κ2) is 10.2. The molecular formula is C28H25NO5. The zero-order valence-electron chi connectivity index (χ0n) is 18.8. The van der Waals surface area contributed by atoms with Crippen molar-refractivity contribution in [1.29, 1.82) is 0 Å². The number of hydrogen-bond acceptors (Lipinski definition) is 5. The van der Waals surface area contributed by atoms with Gasteiger partial charge in [-0.2, -0.15) is 0 Å². The summed E-state index contributed by atoms with van der Waals surface area (Å²) in [7, 11) is 1.30. The van der Waals surface area contributed by atoms with Gasteiger partial charge in [0.2, 0.25) is 0 Å². The fraction of sp³-hybridized carbons (Fsp3) is 0.179. The standard InChI is InChI=1S/C28H25NO5/c1-34-28(33)22-15-13-21(14-16-22)25-24(23(30)17-12-19-8-4-2-5-9-19)26(31)27(32)29(25)18-20-10-6-3-7-11-20/h2-11,13-16,25,31H,12,17-18H2,1H3. The summed E-state index contributed by atoms with van der Waals surface area (Å²) >= 11 is 0. The maximum Gasteiger partial charge on any atom is 0.337 e. The van der Waals surface area contributed by atoms with Crippen LogP contribution in [0.1, 0.15) is 39.5 Å². The van der Waals surface area contributed by atoms with Crippen molar-refractivity contribution in [3.8, 4) is 0 Å². The third-order valence-corrected chi connectivity index (χ3v) is 5.93. The van der Waals surface area contributed by atoms with Gasteiger partial charge < -0.3 is 14.7 Å². The van der Waals surface area contributed by atoms with Crippen LogP contribution < -0.4 is 0 Å². The van der Waals surface area contributed by atoms with Crippen LogP contribution in [0, 0.1) is 0 Å². The molecule has 0 aromatic heterocycles. The Morgan fingerprint density at radius 2 is 1.47 bits per heavy atom. The molecule has 6 heteroatoms. The first-order chi connectivity index (χ1) is 16.5. The number of aliphatic hydroxyl groups excluding tert-OH is 1. The van der Waals surface area contributed by atoms with Gasteiger partial charge in [0.25, 0.3) is 5.91 Å². The molecule has 0 aliphatic carbocycles. The van der Waals surface area contributed by atoms with Crippen LogP contribution in [0.2, 0.25) is 0 Å². The molecule has 1 N–H and O–H groups in total. The Kier molecular flexibility index (Phi) is 6.87. The molecule has 1 amide bonds. The number of rotatable bonds is 8. The number of amides is 1. The molecule has 3 aromatic carbocycles. The Hall–Kier alpha value is -4.19. The fourth-order valence-corrected chi connectivity index (χ4v) is 4.18. The van der Waals surface area contributed by atoms with Crippen LogP contribution in [0.15, 0.2) is 96.3 Å². The molecule has 1 heterocycles. The van der Waals surface area contributed by atoms with E-state index in [1.807, 2.05) is 60.7 Å². The molecule has 3 aromatic rings. The van der Waals surface area contributed by atoms with Gasteiger partial charge >= 0.3 is 5.97 Å². The molecule has 0 fully saturated rings. The summed E-state index contributed by atoms with van der Waals surface area (Å²) in [5, 5.41) is 10.8. The normalized spacial score (nSPS) is 15.5. The summed E-state index contributed by atoms with van der Waals surface area (Å²) in [6.07, 6.45) is 0.657. The van der Waals surface area contributed by atoms with Crippen molar-refractivity contribution in [3.05, 3.63) is 119 Å². The molecule has 6 nitrogen and oxygen atoms in total. The number of carbonyl (C=O) groups is 3. The molecule has 172 valence electrons. The number of carbonyl (C=O) groups excluding carboxylic acids is 3. The Bertz CT molecular complexity index is 1220. The number of ether oxygens (including phenoxy) is 1. The van der Waals surface area contributed by atoms with Crippen LogP contribution in [-0.2, 0) is 27.3 Å². The van der Waals surface area contributed by atoms with Crippen molar-refractivity contribution in [2.45, 2.75) is 25.4 Å². The van der Waals surface area contributed by atoms with E-state index in [-0.39, 0.29) is 24.3 Å². The van der Waals surface area contributed by atoms with Crippen molar-refractivity contribution in [1.82, 2.24) is 4.90 Å². The molecule has 4 rings (SSSR count). The third-order valence-electron chi connectivity index (χ3n) is 5.93. The molecule has 1 unspecified atom stereocenters. The Morgan fingerprint density at radius 1 is 0.882 bits per heavy atom. The number of methoxy groups -OCH3 is 1. The van der Waals surface area contributed by atoms with E-state index in [1.165, 1.54) is 12.0 Å². The minimum atomic E-state index is -0.761. The Morgan fingerprint density at radius 3 is 2.06 bits per heavy atom. The van der Waals surface area contributed by atoms with E-state index in [0.29, 0.717) is 17.5 Å². The highest BCUT2D eigenvalue weighted by Gasteiger charge is 2.43. The summed E-state index contributed by atoms with van der Waals surface area (Å²) < 4.78 is 4.76. The highest BCUT2D eigenvalue weighted by atomic mass is 16.5. The fourth-order valence-electron chi connectivity index (χ4n) is 4.18. The van der Waals surface area contributed by atoms with Gasteiger partial charge in [0.15, 0.2) is 11.5 Å². The zero-order valence-corrected chi connectivity index (χ0v) is 18.8. The molecule has 0 bridgehead atoms. The van der Waals surface area contributed by atoms with Crippen molar-refractivity contribution in [2.24, 2.45) is 0 Å². The van der Waals surface area contributed by atoms with Gasteiger partial charge in [-0.3, -0.25) is 9.59 Å². The molecule has 1 atom stereocenters. The van der Waals surface area contributed by atoms with Crippen LogP contribution >= 0.6 is 0 Å². The van der Waals surface area contributed by atoms with Crippen LogP contribution in [0.3, 0.4) is 0 Å². The first kappa shape index (κ1) is 23.0. The van der Waals surface area contributed by atoms with Gasteiger partial charge in [-0.05, 0) is 35.2 Å². The lowest BCUT2D eigenvalue weighted by molar-refractivity contribution is -0.130. The molecule has 1 aliphatic heterocycles. The maximum absolute atomic E-state index is 13.3. The molecule has 0 saturated heterocycles. The zero-order chi connectivity index (χ0) is 24.1. The maximum atomic E-state index is 13.3. The number of Topliss-reactive ketones (excluding diaryl/α,β-unsaturated/α-hetero) is 1. The monoisotopic (exact) mass is 455 g/mol. The predicted octanol–water partition coefficient (Wildman–Crippen LogP) is 4.57. The van der Waals surface area contributed by atoms with E-state index in [4.69, 9.17) is 4.74 Å². The van der Waals surface area contributed by atoms with Gasteiger partial charge in [0.05, 0.1) is 24.3 Å². The number of esters is 1. The number of benzene rings is 3. The molecule has 1 aliphatic rings. The van der Waals surface area contributed by atoms with Gasteiger partial charge in [-0.25, -0.2) is 4.79 Å². The number of aliphatic hydroxyl groups is 1. The summed E-state index contributed by atoms with van der Waals surface area (Å²) in [5.41, 5.74) is 2.94. The highest BCUT2D eigenvalue weighted by molar-refractivity contribution is 6.09. The Balaban J connectivity index is 1.67. The van der Waals surface area contributed by atoms with E-state index in [9.17, 15) is 19.5 Å². The average molecular weight is 456 g/mol. The number of nitrogens with zero attached hydrogens (tertiary/aromatic N) is 1. The minimum Gasteiger partial charge on any atom is -0.503 e. The lowest BCUT2D eigenvalue weighted by Crippen LogP contribution is -2.30. The summed E-state index contributed by atoms with van der Waals surface area (Å²) in [6.45, 7) is 0.225. The van der Waals surface area contributed by atoms with Gasteiger partial charge in [0.1, 0.15) is 0 Å². The molecule has 34 heavy (non-hydrogen) atoms. The second-order valence-corrected chi connectivity index (χ2v) is 8.11.